The van der Waals surface area contributed by atoms with E-state index in [-0.39, 0.29) is 0 Å². The molecule has 2 fully saturated rings. The highest BCUT2D eigenvalue weighted by molar-refractivity contribution is 4.86. The zero-order valence-corrected chi connectivity index (χ0v) is 14.4. The highest BCUT2D eigenvalue weighted by atomic mass is 15.2. The fraction of sp³-hybridized carbons (Fsp3) is 1.00. The minimum Gasteiger partial charge on any atom is -0.301 e. The van der Waals surface area contributed by atoms with Gasteiger partial charge in [-0.05, 0) is 84.3 Å². The molecule has 0 aromatic carbocycles. The van der Waals surface area contributed by atoms with Crippen LogP contribution in [-0.4, -0.2) is 48.1 Å². The molecule has 0 radical (unpaired) electrons. The van der Waals surface area contributed by atoms with Gasteiger partial charge in [-0.3, -0.25) is 0 Å². The van der Waals surface area contributed by atoms with E-state index in [0.717, 1.165) is 30.0 Å². The van der Waals surface area contributed by atoms with Gasteiger partial charge in [0.2, 0.25) is 0 Å². The summed E-state index contributed by atoms with van der Waals surface area (Å²) in [5, 5.41) is 0. The number of likely N-dealkylation sites (tertiary alicyclic amines) is 1. The van der Waals surface area contributed by atoms with Gasteiger partial charge in [0.05, 0.1) is 0 Å². The summed E-state index contributed by atoms with van der Waals surface area (Å²) in [4.78, 5) is 5.38. The third-order valence-corrected chi connectivity index (χ3v) is 6.07. The summed E-state index contributed by atoms with van der Waals surface area (Å²) in [6, 6.07) is 2.42. The molecule has 2 aliphatic rings. The maximum absolute atomic E-state index is 2.74. The van der Waals surface area contributed by atoms with Gasteiger partial charge in [-0.1, -0.05) is 13.8 Å². The van der Waals surface area contributed by atoms with Gasteiger partial charge in [0.25, 0.3) is 0 Å². The molecule has 118 valence electrons. The molecule has 1 heterocycles. The molecule has 0 amide bonds. The van der Waals surface area contributed by atoms with Crippen LogP contribution in [0.25, 0.3) is 0 Å². The van der Waals surface area contributed by atoms with E-state index in [1.807, 2.05) is 0 Å². The van der Waals surface area contributed by atoms with Crippen LogP contribution in [0.3, 0.4) is 0 Å². The lowest BCUT2D eigenvalue weighted by Gasteiger charge is -2.44. The van der Waals surface area contributed by atoms with Crippen molar-refractivity contribution in [3.63, 3.8) is 0 Å². The van der Waals surface area contributed by atoms with Crippen molar-refractivity contribution >= 4 is 0 Å². The Balaban J connectivity index is 1.77. The Bertz CT molecular complexity index is 243. The van der Waals surface area contributed by atoms with Crippen molar-refractivity contribution in [1.82, 2.24) is 9.80 Å². The van der Waals surface area contributed by atoms with Crippen molar-refractivity contribution in [1.29, 1.82) is 0 Å². The number of hydrogen-bond acceptors (Lipinski definition) is 2. The predicted molar refractivity (Wildman–Crippen MR) is 88.1 cm³/mol. The third kappa shape index (κ3) is 3.98. The van der Waals surface area contributed by atoms with E-state index >= 15 is 0 Å². The lowest BCUT2D eigenvalue weighted by atomic mass is 9.79. The Morgan fingerprint density at radius 1 is 0.800 bits per heavy atom. The molecule has 0 bridgehead atoms. The molecule has 1 saturated heterocycles. The van der Waals surface area contributed by atoms with Crippen LogP contribution in [0.5, 0.6) is 0 Å². The summed E-state index contributed by atoms with van der Waals surface area (Å²) in [6.07, 6.45) is 8.53. The predicted octanol–water partition coefficient (Wildman–Crippen LogP) is 4.01. The Morgan fingerprint density at radius 3 is 1.75 bits per heavy atom. The molecule has 1 saturated carbocycles. The monoisotopic (exact) mass is 280 g/mol. The molecular formula is C18H36N2. The fourth-order valence-corrected chi connectivity index (χ4v) is 4.28. The Kier molecular flexibility index (Phi) is 5.92. The van der Waals surface area contributed by atoms with Gasteiger partial charge in [0, 0.05) is 18.1 Å². The first-order chi connectivity index (χ1) is 9.49. The Hall–Kier alpha value is -0.0800. The van der Waals surface area contributed by atoms with E-state index in [1.165, 1.54) is 51.6 Å². The second kappa shape index (κ2) is 7.26. The maximum Gasteiger partial charge on any atom is 0.0119 e. The summed E-state index contributed by atoms with van der Waals surface area (Å²) in [5.41, 5.74) is 0. The van der Waals surface area contributed by atoms with E-state index in [9.17, 15) is 0 Å². The average molecular weight is 281 g/mol. The topological polar surface area (TPSA) is 6.48 Å². The second-order valence-corrected chi connectivity index (χ2v) is 7.84. The van der Waals surface area contributed by atoms with Gasteiger partial charge in [-0.15, -0.1) is 0 Å². The van der Waals surface area contributed by atoms with E-state index in [4.69, 9.17) is 0 Å². The van der Waals surface area contributed by atoms with Gasteiger partial charge < -0.3 is 9.80 Å². The first-order valence-corrected chi connectivity index (χ1v) is 8.95. The van der Waals surface area contributed by atoms with Gasteiger partial charge in [0.1, 0.15) is 0 Å². The van der Waals surface area contributed by atoms with Crippen LogP contribution in [0.15, 0.2) is 0 Å². The quantitative estimate of drug-likeness (QED) is 0.768. The minimum absolute atomic E-state index is 0.725. The van der Waals surface area contributed by atoms with Crippen LogP contribution in [0.2, 0.25) is 0 Å². The smallest absolute Gasteiger partial charge is 0.0119 e. The van der Waals surface area contributed by atoms with E-state index < -0.39 is 0 Å². The van der Waals surface area contributed by atoms with Gasteiger partial charge in [-0.25, -0.2) is 0 Å². The molecule has 0 aromatic rings. The average Bonchev–Trinajstić information content (AvgIpc) is 2.46. The van der Waals surface area contributed by atoms with E-state index in [2.05, 4.69) is 44.5 Å². The van der Waals surface area contributed by atoms with Crippen molar-refractivity contribution in [2.75, 3.05) is 20.1 Å². The fourth-order valence-electron chi connectivity index (χ4n) is 4.28. The Morgan fingerprint density at radius 2 is 1.30 bits per heavy atom. The molecule has 0 N–H and O–H groups in total. The van der Waals surface area contributed by atoms with E-state index in [0.29, 0.717) is 0 Å². The largest absolute Gasteiger partial charge is 0.301 e. The van der Waals surface area contributed by atoms with Crippen LogP contribution < -0.4 is 0 Å². The van der Waals surface area contributed by atoms with Crippen molar-refractivity contribution < 1.29 is 0 Å². The summed E-state index contributed by atoms with van der Waals surface area (Å²) in [7, 11) is 2.40. The van der Waals surface area contributed by atoms with Crippen LogP contribution in [0.1, 0.15) is 66.2 Å². The van der Waals surface area contributed by atoms with Crippen molar-refractivity contribution in [2.24, 2.45) is 11.8 Å². The number of hydrogen-bond donors (Lipinski definition) is 0. The summed E-state index contributed by atoms with van der Waals surface area (Å²) in [5.74, 6) is 1.87. The highest BCUT2D eigenvalue weighted by Crippen LogP contribution is 2.33. The summed E-state index contributed by atoms with van der Waals surface area (Å²) >= 11 is 0. The van der Waals surface area contributed by atoms with Crippen LogP contribution in [0, 0.1) is 11.8 Å². The summed E-state index contributed by atoms with van der Waals surface area (Å²) < 4.78 is 0. The maximum atomic E-state index is 2.74. The van der Waals surface area contributed by atoms with Crippen LogP contribution in [0.4, 0.5) is 0 Å². The van der Waals surface area contributed by atoms with Gasteiger partial charge in [0.15, 0.2) is 0 Å². The molecular weight excluding hydrogens is 244 g/mol. The molecule has 1 aliphatic carbocycles. The molecule has 2 rings (SSSR count). The summed E-state index contributed by atoms with van der Waals surface area (Å²) in [6.45, 7) is 12.1. The normalized spacial score (nSPS) is 30.6. The third-order valence-electron chi connectivity index (χ3n) is 6.07. The Labute approximate surface area is 126 Å². The number of rotatable bonds is 4. The molecule has 20 heavy (non-hydrogen) atoms. The molecule has 2 nitrogen and oxygen atoms in total. The van der Waals surface area contributed by atoms with Gasteiger partial charge in [-0.2, -0.15) is 0 Å². The van der Waals surface area contributed by atoms with E-state index in [1.54, 1.807) is 0 Å². The zero-order chi connectivity index (χ0) is 14.7. The standard InChI is InChI=1S/C18H36N2/c1-14(2)16-6-8-17(9-7-16)19(5)18-10-12-20(13-11-18)15(3)4/h14-18H,6-13H2,1-5H3/t16-,17-. The molecule has 0 spiro atoms. The van der Waals surface area contributed by atoms with Crippen molar-refractivity contribution in [3.05, 3.63) is 0 Å². The second-order valence-electron chi connectivity index (χ2n) is 7.84. The molecule has 0 aromatic heterocycles. The number of piperidine rings is 1. The molecule has 1 aliphatic heterocycles. The van der Waals surface area contributed by atoms with Crippen LogP contribution >= 0.6 is 0 Å². The zero-order valence-electron chi connectivity index (χ0n) is 14.4. The molecule has 0 unspecified atom stereocenters. The first kappa shape index (κ1) is 16.3. The highest BCUT2D eigenvalue weighted by Gasteiger charge is 2.31. The van der Waals surface area contributed by atoms with Crippen molar-refractivity contribution in [3.8, 4) is 0 Å². The first-order valence-electron chi connectivity index (χ1n) is 8.95. The lowest BCUT2D eigenvalue weighted by molar-refractivity contribution is 0.0586. The number of nitrogens with zero attached hydrogens (tertiary/aromatic N) is 2. The van der Waals surface area contributed by atoms with Crippen LogP contribution in [-0.2, 0) is 0 Å². The molecule has 2 heteroatoms. The van der Waals surface area contributed by atoms with Gasteiger partial charge >= 0.3 is 0 Å². The van der Waals surface area contributed by atoms with Crippen molar-refractivity contribution in [2.45, 2.75) is 84.3 Å². The minimum atomic E-state index is 0.725. The lowest BCUT2D eigenvalue weighted by Crippen LogP contribution is -2.49. The SMILES string of the molecule is CC(C)N1CCC(N(C)[C@H]2CC[C@H](C(C)C)CC2)CC1. The molecule has 0 atom stereocenters.